The van der Waals surface area contributed by atoms with Crippen molar-refractivity contribution in [3.05, 3.63) is 82.4 Å². The molecule has 0 N–H and O–H groups in total. The Balaban J connectivity index is 0.000000570. The molecule has 1 heterocycles. The highest BCUT2D eigenvalue weighted by Gasteiger charge is 2.35. The molecule has 3 aromatic rings. The quantitative estimate of drug-likeness (QED) is 0.406. The molecule has 0 saturated carbocycles. The molecule has 1 atom stereocenters. The molecule has 0 spiro atoms. The van der Waals surface area contributed by atoms with Crippen molar-refractivity contribution in [3.63, 3.8) is 0 Å². The maximum absolute atomic E-state index is 10.7. The van der Waals surface area contributed by atoms with Gasteiger partial charge in [0.05, 0.1) is 11.0 Å². The van der Waals surface area contributed by atoms with Gasteiger partial charge in [-0.3, -0.25) is 10.1 Å². The van der Waals surface area contributed by atoms with Crippen LogP contribution in [0.1, 0.15) is 11.6 Å². The van der Waals surface area contributed by atoms with E-state index in [1.54, 1.807) is 12.1 Å². The second-order valence-electron chi connectivity index (χ2n) is 5.55. The Labute approximate surface area is 150 Å². The zero-order valence-electron chi connectivity index (χ0n) is 14.1. The number of anilines is 1. The molecule has 3 aromatic carbocycles. The summed E-state index contributed by atoms with van der Waals surface area (Å²) in [7, 11) is 0. The maximum atomic E-state index is 10.7. The van der Waals surface area contributed by atoms with Crippen LogP contribution in [0.25, 0.3) is 10.8 Å². The summed E-state index contributed by atoms with van der Waals surface area (Å²) in [6.07, 6.45) is 0. The lowest BCUT2D eigenvalue weighted by Crippen LogP contribution is -1.95. The number of hydrogen-bond acceptors (Lipinski definition) is 5. The molecule has 0 amide bonds. The highest BCUT2D eigenvalue weighted by molar-refractivity contribution is 5.83. The summed E-state index contributed by atoms with van der Waals surface area (Å²) in [4.78, 5) is 28.6. The van der Waals surface area contributed by atoms with Crippen molar-refractivity contribution in [2.45, 2.75) is 6.04 Å². The highest BCUT2D eigenvalue weighted by atomic mass is 16.6. The SMILES string of the molecule is C=O.C=O.O=[N+]([O-])c1ccc(N2CC2c2ccc3ccccc3c2)cc1. The Morgan fingerprint density at radius 2 is 1.50 bits per heavy atom. The Morgan fingerprint density at radius 1 is 0.885 bits per heavy atom. The molecule has 0 aromatic heterocycles. The molecule has 1 fully saturated rings. The topological polar surface area (TPSA) is 80.3 Å². The van der Waals surface area contributed by atoms with Crippen LogP contribution in [0.4, 0.5) is 11.4 Å². The fourth-order valence-corrected chi connectivity index (χ4v) is 2.89. The first kappa shape index (κ1) is 18.8. The molecule has 6 nitrogen and oxygen atoms in total. The Bertz CT molecular complexity index is 894. The molecular formula is C20H18N2O4. The van der Waals surface area contributed by atoms with Crippen molar-refractivity contribution >= 4 is 35.7 Å². The summed E-state index contributed by atoms with van der Waals surface area (Å²) in [5.41, 5.74) is 2.45. The molecule has 1 aliphatic rings. The predicted octanol–water partition coefficient (Wildman–Crippen LogP) is 3.94. The van der Waals surface area contributed by atoms with Crippen LogP contribution in [0.3, 0.4) is 0 Å². The van der Waals surface area contributed by atoms with Gasteiger partial charge in [0.15, 0.2) is 0 Å². The van der Waals surface area contributed by atoms with Crippen molar-refractivity contribution < 1.29 is 14.5 Å². The van der Waals surface area contributed by atoms with Gasteiger partial charge in [-0.2, -0.15) is 0 Å². The smallest absolute Gasteiger partial charge is 0.269 e. The molecule has 0 aliphatic carbocycles. The average molecular weight is 350 g/mol. The van der Waals surface area contributed by atoms with Crippen LogP contribution < -0.4 is 4.90 Å². The van der Waals surface area contributed by atoms with E-state index < -0.39 is 0 Å². The van der Waals surface area contributed by atoms with Crippen molar-refractivity contribution in [2.24, 2.45) is 0 Å². The van der Waals surface area contributed by atoms with Gasteiger partial charge in [-0.15, -0.1) is 0 Å². The van der Waals surface area contributed by atoms with E-state index in [0.29, 0.717) is 6.04 Å². The molecule has 6 heteroatoms. The van der Waals surface area contributed by atoms with E-state index in [4.69, 9.17) is 9.59 Å². The summed E-state index contributed by atoms with van der Waals surface area (Å²) in [5.74, 6) is 0. The summed E-state index contributed by atoms with van der Waals surface area (Å²) < 4.78 is 0. The van der Waals surface area contributed by atoms with Crippen LogP contribution in [0.15, 0.2) is 66.7 Å². The third-order valence-electron chi connectivity index (χ3n) is 4.16. The van der Waals surface area contributed by atoms with E-state index in [0.717, 1.165) is 12.2 Å². The van der Waals surface area contributed by atoms with Gasteiger partial charge in [-0.05, 0) is 34.5 Å². The molecule has 1 aliphatic heterocycles. The molecule has 4 rings (SSSR count). The molecule has 1 saturated heterocycles. The monoisotopic (exact) mass is 350 g/mol. The van der Waals surface area contributed by atoms with Gasteiger partial charge >= 0.3 is 0 Å². The van der Waals surface area contributed by atoms with Crippen molar-refractivity contribution in [3.8, 4) is 0 Å². The number of hydrogen-bond donors (Lipinski definition) is 0. The van der Waals surface area contributed by atoms with E-state index >= 15 is 0 Å². The largest absolute Gasteiger partial charge is 0.360 e. The Kier molecular flexibility index (Phi) is 6.16. The van der Waals surface area contributed by atoms with Crippen molar-refractivity contribution in [1.29, 1.82) is 0 Å². The fourth-order valence-electron chi connectivity index (χ4n) is 2.89. The Morgan fingerprint density at radius 3 is 2.12 bits per heavy atom. The predicted molar refractivity (Wildman–Crippen MR) is 101 cm³/mol. The molecule has 0 radical (unpaired) electrons. The zero-order valence-corrected chi connectivity index (χ0v) is 14.1. The third-order valence-corrected chi connectivity index (χ3v) is 4.16. The number of nitro benzene ring substituents is 1. The minimum absolute atomic E-state index is 0.132. The number of non-ortho nitro benzene ring substituents is 1. The average Bonchev–Trinajstić information content (AvgIpc) is 3.52. The second kappa shape index (κ2) is 8.53. The number of nitro groups is 1. The lowest BCUT2D eigenvalue weighted by molar-refractivity contribution is -0.384. The van der Waals surface area contributed by atoms with Gasteiger partial charge in [0.1, 0.15) is 13.6 Å². The number of rotatable bonds is 3. The van der Waals surface area contributed by atoms with Crippen molar-refractivity contribution in [2.75, 3.05) is 11.4 Å². The van der Waals surface area contributed by atoms with E-state index in [1.807, 2.05) is 37.8 Å². The molecule has 132 valence electrons. The molecular weight excluding hydrogens is 332 g/mol. The van der Waals surface area contributed by atoms with E-state index in [1.165, 1.54) is 16.3 Å². The first-order valence-corrected chi connectivity index (χ1v) is 7.80. The van der Waals surface area contributed by atoms with Gasteiger partial charge in [-0.25, -0.2) is 0 Å². The molecule has 1 unspecified atom stereocenters. The van der Waals surface area contributed by atoms with Gasteiger partial charge in [0.2, 0.25) is 0 Å². The van der Waals surface area contributed by atoms with E-state index in [2.05, 4.69) is 35.2 Å². The summed E-state index contributed by atoms with van der Waals surface area (Å²) in [5, 5.41) is 13.2. The summed E-state index contributed by atoms with van der Waals surface area (Å²) >= 11 is 0. The highest BCUT2D eigenvalue weighted by Crippen LogP contribution is 2.40. The van der Waals surface area contributed by atoms with Crippen LogP contribution >= 0.6 is 0 Å². The van der Waals surface area contributed by atoms with Crippen LogP contribution in [-0.2, 0) is 9.59 Å². The van der Waals surface area contributed by atoms with Crippen LogP contribution in [0.5, 0.6) is 0 Å². The third kappa shape index (κ3) is 3.92. The minimum atomic E-state index is -0.368. The minimum Gasteiger partial charge on any atom is -0.360 e. The second-order valence-corrected chi connectivity index (χ2v) is 5.55. The number of fused-ring (bicyclic) bond motifs is 1. The maximum Gasteiger partial charge on any atom is 0.269 e. The standard InChI is InChI=1S/C18H14N2O2.2CH2O/c21-20(22)17-9-7-16(8-10-17)19-12-18(19)15-6-5-13-3-1-2-4-14(13)11-15;2*1-2/h1-11,18H,12H2;2*1H2. The number of benzene rings is 3. The van der Waals surface area contributed by atoms with Gasteiger partial charge in [0, 0.05) is 24.4 Å². The van der Waals surface area contributed by atoms with E-state index in [9.17, 15) is 10.1 Å². The summed E-state index contributed by atoms with van der Waals surface area (Å²) in [6.45, 7) is 4.95. The number of carbonyl (C=O) groups excluding carboxylic acids is 2. The molecule has 0 bridgehead atoms. The lowest BCUT2D eigenvalue weighted by Gasteiger charge is -2.07. The lowest BCUT2D eigenvalue weighted by atomic mass is 10.1. The van der Waals surface area contributed by atoms with Gasteiger partial charge in [-0.1, -0.05) is 36.4 Å². The fraction of sp³-hybridized carbons (Fsp3) is 0.100. The first-order chi connectivity index (χ1) is 12.7. The van der Waals surface area contributed by atoms with E-state index in [-0.39, 0.29) is 10.6 Å². The van der Waals surface area contributed by atoms with Crippen LogP contribution in [-0.4, -0.2) is 25.0 Å². The van der Waals surface area contributed by atoms with Crippen LogP contribution in [0, 0.1) is 10.1 Å². The molecule has 26 heavy (non-hydrogen) atoms. The van der Waals surface area contributed by atoms with Crippen molar-refractivity contribution in [1.82, 2.24) is 0 Å². The zero-order chi connectivity index (χ0) is 19.1. The van der Waals surface area contributed by atoms with Gasteiger partial charge in [0.25, 0.3) is 5.69 Å². The Hall–Kier alpha value is -3.54. The number of nitrogens with zero attached hydrogens (tertiary/aromatic N) is 2. The van der Waals surface area contributed by atoms with Gasteiger partial charge < -0.3 is 14.5 Å². The normalized spacial score (nSPS) is 14.5. The number of carbonyl (C=O) groups is 2. The first-order valence-electron chi connectivity index (χ1n) is 7.80. The summed E-state index contributed by atoms with van der Waals surface area (Å²) in [6, 6.07) is 22.0. The van der Waals surface area contributed by atoms with Crippen LogP contribution in [0.2, 0.25) is 0 Å².